The normalized spacial score (nSPS) is 26.6. The van der Waals surface area contributed by atoms with Gasteiger partial charge >= 0.3 is 0 Å². The van der Waals surface area contributed by atoms with Crippen molar-refractivity contribution in [3.05, 3.63) is 0 Å². The van der Waals surface area contributed by atoms with Crippen LogP contribution in [-0.4, -0.2) is 37.7 Å². The second-order valence-corrected chi connectivity index (χ2v) is 5.13. The molecule has 0 bridgehead atoms. The standard InChI is InChI=1S/C13H24N2O2.ClH/c16-13(12-10-17-9-8-14-12)15-11-6-4-2-1-3-5-7-11;/h11-12,14H,1-10H2,(H,15,16);1H. The molecule has 4 nitrogen and oxygen atoms in total. The van der Waals surface area contributed by atoms with E-state index in [1.807, 2.05) is 0 Å². The zero-order chi connectivity index (χ0) is 11.9. The molecule has 2 N–H and O–H groups in total. The predicted molar refractivity (Wildman–Crippen MR) is 74.1 cm³/mol. The van der Waals surface area contributed by atoms with E-state index in [4.69, 9.17) is 4.74 Å². The number of carbonyl (C=O) groups excluding carboxylic acids is 1. The molecule has 1 amide bonds. The first-order chi connectivity index (χ1) is 8.36. The third kappa shape index (κ3) is 5.12. The molecular formula is C13H25ClN2O2. The van der Waals surface area contributed by atoms with Gasteiger partial charge in [0.05, 0.1) is 13.2 Å². The van der Waals surface area contributed by atoms with Crippen molar-refractivity contribution in [2.45, 2.75) is 57.0 Å². The fraction of sp³-hybridized carbons (Fsp3) is 0.923. The van der Waals surface area contributed by atoms with Crippen LogP contribution in [0.2, 0.25) is 0 Å². The van der Waals surface area contributed by atoms with Gasteiger partial charge in [-0.3, -0.25) is 4.79 Å². The molecule has 0 aromatic heterocycles. The molecule has 0 aromatic rings. The maximum absolute atomic E-state index is 12.0. The monoisotopic (exact) mass is 276 g/mol. The first-order valence-corrected chi connectivity index (χ1v) is 6.98. The molecule has 2 rings (SSSR count). The van der Waals surface area contributed by atoms with Crippen molar-refractivity contribution in [3.8, 4) is 0 Å². The lowest BCUT2D eigenvalue weighted by Gasteiger charge is -2.27. The van der Waals surface area contributed by atoms with Crippen LogP contribution in [0, 0.1) is 0 Å². The van der Waals surface area contributed by atoms with Gasteiger partial charge in [0.1, 0.15) is 6.04 Å². The zero-order valence-electron chi connectivity index (χ0n) is 11.0. The van der Waals surface area contributed by atoms with Gasteiger partial charge in [-0.1, -0.05) is 32.1 Å². The van der Waals surface area contributed by atoms with E-state index in [2.05, 4.69) is 10.6 Å². The highest BCUT2D eigenvalue weighted by atomic mass is 35.5. The van der Waals surface area contributed by atoms with E-state index in [0.29, 0.717) is 19.3 Å². The summed E-state index contributed by atoms with van der Waals surface area (Å²) in [5, 5.41) is 6.37. The van der Waals surface area contributed by atoms with Crippen molar-refractivity contribution >= 4 is 18.3 Å². The summed E-state index contributed by atoms with van der Waals surface area (Å²) in [4.78, 5) is 12.0. The SMILES string of the molecule is Cl.O=C(NC1CCCCCCC1)C1COCCN1. The highest BCUT2D eigenvalue weighted by molar-refractivity contribution is 5.85. The Morgan fingerprint density at radius 3 is 2.39 bits per heavy atom. The molecule has 1 aliphatic carbocycles. The van der Waals surface area contributed by atoms with Crippen LogP contribution in [-0.2, 0) is 9.53 Å². The molecule has 1 atom stereocenters. The molecule has 0 spiro atoms. The van der Waals surface area contributed by atoms with Gasteiger partial charge in [-0.25, -0.2) is 0 Å². The van der Waals surface area contributed by atoms with Gasteiger partial charge < -0.3 is 15.4 Å². The number of hydrogen-bond donors (Lipinski definition) is 2. The van der Waals surface area contributed by atoms with Gasteiger partial charge in [0.25, 0.3) is 0 Å². The number of ether oxygens (including phenoxy) is 1. The molecule has 0 radical (unpaired) electrons. The molecule has 2 aliphatic rings. The molecule has 2 fully saturated rings. The van der Waals surface area contributed by atoms with Crippen LogP contribution in [0.1, 0.15) is 44.9 Å². The molecule has 18 heavy (non-hydrogen) atoms. The van der Waals surface area contributed by atoms with Crippen LogP contribution in [0.5, 0.6) is 0 Å². The molecule has 1 saturated carbocycles. The Hall–Kier alpha value is -0.320. The van der Waals surface area contributed by atoms with Crippen molar-refractivity contribution in [1.82, 2.24) is 10.6 Å². The van der Waals surface area contributed by atoms with Gasteiger partial charge in [0, 0.05) is 12.6 Å². The highest BCUT2D eigenvalue weighted by Crippen LogP contribution is 2.17. The summed E-state index contributed by atoms with van der Waals surface area (Å²) in [6.07, 6.45) is 8.77. The van der Waals surface area contributed by atoms with Gasteiger partial charge in [-0.05, 0) is 12.8 Å². The van der Waals surface area contributed by atoms with E-state index >= 15 is 0 Å². The largest absolute Gasteiger partial charge is 0.378 e. The summed E-state index contributed by atoms with van der Waals surface area (Å²) in [5.41, 5.74) is 0. The van der Waals surface area contributed by atoms with E-state index in [1.165, 1.54) is 32.1 Å². The van der Waals surface area contributed by atoms with Gasteiger partial charge in [0.15, 0.2) is 0 Å². The number of hydrogen-bond acceptors (Lipinski definition) is 3. The predicted octanol–water partition coefficient (Wildman–Crippen LogP) is 1.63. The second kappa shape index (κ2) is 8.73. The molecule has 1 saturated heterocycles. The Bertz CT molecular complexity index is 237. The van der Waals surface area contributed by atoms with E-state index in [1.54, 1.807) is 0 Å². The van der Waals surface area contributed by atoms with Crippen LogP contribution in [0.15, 0.2) is 0 Å². The maximum Gasteiger partial charge on any atom is 0.239 e. The fourth-order valence-electron chi connectivity index (χ4n) is 2.64. The number of morpholine rings is 1. The van der Waals surface area contributed by atoms with Gasteiger partial charge in [-0.2, -0.15) is 0 Å². The first-order valence-electron chi connectivity index (χ1n) is 6.98. The minimum atomic E-state index is -0.144. The molecule has 1 aliphatic heterocycles. The molecule has 0 aromatic carbocycles. The number of rotatable bonds is 2. The van der Waals surface area contributed by atoms with E-state index in [9.17, 15) is 4.79 Å². The average molecular weight is 277 g/mol. The van der Waals surface area contributed by atoms with Crippen LogP contribution >= 0.6 is 12.4 Å². The van der Waals surface area contributed by atoms with Crippen molar-refractivity contribution < 1.29 is 9.53 Å². The first kappa shape index (κ1) is 15.7. The number of carbonyl (C=O) groups is 1. The molecule has 1 unspecified atom stereocenters. The van der Waals surface area contributed by atoms with E-state index < -0.39 is 0 Å². The number of amides is 1. The summed E-state index contributed by atoms with van der Waals surface area (Å²) >= 11 is 0. The lowest BCUT2D eigenvalue weighted by atomic mass is 9.96. The molecular weight excluding hydrogens is 252 g/mol. The van der Waals surface area contributed by atoms with Crippen molar-refractivity contribution in [2.75, 3.05) is 19.8 Å². The maximum atomic E-state index is 12.0. The summed E-state index contributed by atoms with van der Waals surface area (Å²) in [5.74, 6) is 0.121. The van der Waals surface area contributed by atoms with Crippen LogP contribution in [0.25, 0.3) is 0 Å². The quantitative estimate of drug-likeness (QED) is 0.806. The second-order valence-electron chi connectivity index (χ2n) is 5.13. The van der Waals surface area contributed by atoms with Gasteiger partial charge in [0.2, 0.25) is 5.91 Å². The van der Waals surface area contributed by atoms with Crippen molar-refractivity contribution in [3.63, 3.8) is 0 Å². The van der Waals surface area contributed by atoms with Crippen molar-refractivity contribution in [2.24, 2.45) is 0 Å². The third-order valence-corrected chi connectivity index (χ3v) is 3.69. The molecule has 5 heteroatoms. The van der Waals surface area contributed by atoms with Gasteiger partial charge in [-0.15, -0.1) is 12.4 Å². The Balaban J connectivity index is 0.00000162. The summed E-state index contributed by atoms with van der Waals surface area (Å²) in [6, 6.07) is 0.237. The minimum absolute atomic E-state index is 0. The lowest BCUT2D eigenvalue weighted by Crippen LogP contribution is -2.53. The Kier molecular flexibility index (Phi) is 7.63. The Labute approximate surface area is 116 Å². The summed E-state index contributed by atoms with van der Waals surface area (Å²) < 4.78 is 5.31. The van der Waals surface area contributed by atoms with Crippen molar-refractivity contribution in [1.29, 1.82) is 0 Å². The lowest BCUT2D eigenvalue weighted by molar-refractivity contribution is -0.126. The minimum Gasteiger partial charge on any atom is -0.378 e. The van der Waals surface area contributed by atoms with Crippen LogP contribution in [0.4, 0.5) is 0 Å². The smallest absolute Gasteiger partial charge is 0.239 e. The number of nitrogens with one attached hydrogen (secondary N) is 2. The Morgan fingerprint density at radius 2 is 1.78 bits per heavy atom. The number of halogens is 1. The molecule has 1 heterocycles. The Morgan fingerprint density at radius 1 is 1.11 bits per heavy atom. The topological polar surface area (TPSA) is 50.4 Å². The summed E-state index contributed by atoms with van der Waals surface area (Å²) in [7, 11) is 0. The zero-order valence-corrected chi connectivity index (χ0v) is 11.8. The van der Waals surface area contributed by atoms with Crippen LogP contribution in [0.3, 0.4) is 0 Å². The average Bonchev–Trinajstić information content (AvgIpc) is 2.33. The van der Waals surface area contributed by atoms with E-state index in [0.717, 1.165) is 19.4 Å². The third-order valence-electron chi connectivity index (χ3n) is 3.69. The highest BCUT2D eigenvalue weighted by Gasteiger charge is 2.23. The fourth-order valence-corrected chi connectivity index (χ4v) is 2.64. The van der Waals surface area contributed by atoms with Crippen LogP contribution < -0.4 is 10.6 Å². The van der Waals surface area contributed by atoms with E-state index in [-0.39, 0.29) is 24.4 Å². The summed E-state index contributed by atoms with van der Waals surface area (Å²) in [6.45, 7) is 2.01. The molecule has 106 valence electrons.